The van der Waals surface area contributed by atoms with E-state index in [0.29, 0.717) is 19.3 Å². The Bertz CT molecular complexity index is 887. The van der Waals surface area contributed by atoms with Crippen LogP contribution in [-0.2, 0) is 28.6 Å². The summed E-state index contributed by atoms with van der Waals surface area (Å²) in [5.41, 5.74) is 0. The predicted octanol–water partition coefficient (Wildman–Crippen LogP) is 17.1. The highest BCUT2D eigenvalue weighted by Gasteiger charge is 2.19. The second-order valence-corrected chi connectivity index (χ2v) is 18.6. The van der Waals surface area contributed by atoms with Gasteiger partial charge in [0.05, 0.1) is 0 Å². The van der Waals surface area contributed by atoms with Crippen molar-refractivity contribution in [1.82, 2.24) is 0 Å². The van der Waals surface area contributed by atoms with Crippen LogP contribution in [0.5, 0.6) is 0 Å². The van der Waals surface area contributed by atoms with E-state index in [1.807, 2.05) is 0 Å². The molecule has 0 aromatic rings. The summed E-state index contributed by atoms with van der Waals surface area (Å²) in [6.07, 6.45) is 49.5. The molecule has 0 saturated heterocycles. The van der Waals surface area contributed by atoms with Crippen molar-refractivity contribution in [2.75, 3.05) is 13.2 Å². The van der Waals surface area contributed by atoms with Crippen LogP contribution >= 0.6 is 0 Å². The molecule has 0 amide bonds. The molecule has 0 fully saturated rings. The van der Waals surface area contributed by atoms with E-state index in [0.717, 1.165) is 63.7 Å². The van der Waals surface area contributed by atoms with Gasteiger partial charge in [-0.15, -0.1) is 0 Å². The minimum Gasteiger partial charge on any atom is -0.462 e. The van der Waals surface area contributed by atoms with Gasteiger partial charge < -0.3 is 14.2 Å². The Balaban J connectivity index is 4.25. The normalized spacial score (nSPS) is 11.9. The lowest BCUT2D eigenvalue weighted by atomic mass is 10.0. The Morgan fingerprint density at radius 1 is 0.322 bits per heavy atom. The molecule has 350 valence electrons. The van der Waals surface area contributed by atoms with E-state index in [1.54, 1.807) is 0 Å². The second kappa shape index (κ2) is 47.5. The zero-order valence-electron chi connectivity index (χ0n) is 40.2. The molecular weight excluding hydrogens is 733 g/mol. The number of ether oxygens (including phenoxy) is 3. The van der Waals surface area contributed by atoms with Crippen molar-refractivity contribution in [2.45, 2.75) is 303 Å². The maximum Gasteiger partial charge on any atom is 0.306 e. The molecule has 0 aliphatic rings. The van der Waals surface area contributed by atoms with Gasteiger partial charge >= 0.3 is 17.9 Å². The molecule has 0 spiro atoms. The zero-order valence-corrected chi connectivity index (χ0v) is 40.2. The highest BCUT2D eigenvalue weighted by Crippen LogP contribution is 2.17. The predicted molar refractivity (Wildman–Crippen MR) is 252 cm³/mol. The van der Waals surface area contributed by atoms with E-state index in [-0.39, 0.29) is 31.1 Å². The van der Waals surface area contributed by atoms with Crippen LogP contribution in [0.3, 0.4) is 0 Å². The summed E-state index contributed by atoms with van der Waals surface area (Å²) in [7, 11) is 0. The molecule has 0 bridgehead atoms. The number of hydrogen-bond acceptors (Lipinski definition) is 6. The van der Waals surface area contributed by atoms with Crippen molar-refractivity contribution in [3.05, 3.63) is 0 Å². The molecule has 6 heteroatoms. The molecular formula is C53H102O6. The largest absolute Gasteiger partial charge is 0.462 e. The fourth-order valence-corrected chi connectivity index (χ4v) is 8.04. The smallest absolute Gasteiger partial charge is 0.306 e. The fourth-order valence-electron chi connectivity index (χ4n) is 8.04. The van der Waals surface area contributed by atoms with Gasteiger partial charge in [0.15, 0.2) is 6.10 Å². The molecule has 0 aromatic carbocycles. The van der Waals surface area contributed by atoms with E-state index >= 15 is 0 Å². The average Bonchev–Trinajstić information content (AvgIpc) is 3.22. The van der Waals surface area contributed by atoms with Gasteiger partial charge in [-0.3, -0.25) is 14.4 Å². The maximum atomic E-state index is 12.8. The first-order valence-electron chi connectivity index (χ1n) is 26.4. The lowest BCUT2D eigenvalue weighted by molar-refractivity contribution is -0.167. The SMILES string of the molecule is CCCCCCCCCCCCCCCCCCCCC(=O)OC[C@H](COC(=O)CCCCCCCCCCC(C)C)OC(=O)CCCCCCCCCCCCCC. The number of carbonyl (C=O) groups excluding carboxylic acids is 3. The van der Waals surface area contributed by atoms with Gasteiger partial charge in [-0.2, -0.15) is 0 Å². The van der Waals surface area contributed by atoms with Crippen LogP contribution in [-0.4, -0.2) is 37.2 Å². The van der Waals surface area contributed by atoms with E-state index in [9.17, 15) is 14.4 Å². The van der Waals surface area contributed by atoms with Crippen LogP contribution in [0.4, 0.5) is 0 Å². The van der Waals surface area contributed by atoms with E-state index in [4.69, 9.17) is 14.2 Å². The average molecular weight is 835 g/mol. The van der Waals surface area contributed by atoms with Gasteiger partial charge in [-0.05, 0) is 25.2 Å². The molecule has 0 aliphatic heterocycles. The topological polar surface area (TPSA) is 78.9 Å². The van der Waals surface area contributed by atoms with Crippen LogP contribution in [0.25, 0.3) is 0 Å². The molecule has 0 unspecified atom stereocenters. The number of unbranched alkanes of at least 4 members (excludes halogenated alkanes) is 35. The van der Waals surface area contributed by atoms with E-state index in [2.05, 4.69) is 27.7 Å². The Morgan fingerprint density at radius 2 is 0.559 bits per heavy atom. The van der Waals surface area contributed by atoms with Crippen molar-refractivity contribution >= 4 is 17.9 Å². The molecule has 0 aromatic heterocycles. The molecule has 0 aliphatic carbocycles. The summed E-state index contributed by atoms with van der Waals surface area (Å²) in [6, 6.07) is 0. The van der Waals surface area contributed by atoms with Crippen molar-refractivity contribution < 1.29 is 28.6 Å². The summed E-state index contributed by atoms with van der Waals surface area (Å²) in [5, 5.41) is 0. The summed E-state index contributed by atoms with van der Waals surface area (Å²) in [6.45, 7) is 9.00. The summed E-state index contributed by atoms with van der Waals surface area (Å²) >= 11 is 0. The molecule has 0 radical (unpaired) electrons. The zero-order chi connectivity index (χ0) is 43.1. The summed E-state index contributed by atoms with van der Waals surface area (Å²) < 4.78 is 16.8. The highest BCUT2D eigenvalue weighted by atomic mass is 16.6. The first-order chi connectivity index (χ1) is 28.9. The van der Waals surface area contributed by atoms with Crippen molar-refractivity contribution in [2.24, 2.45) is 5.92 Å². The van der Waals surface area contributed by atoms with Crippen LogP contribution in [0, 0.1) is 5.92 Å². The Hall–Kier alpha value is -1.59. The third-order valence-electron chi connectivity index (χ3n) is 12.0. The van der Waals surface area contributed by atoms with Crippen molar-refractivity contribution in [1.29, 1.82) is 0 Å². The minimum atomic E-state index is -0.760. The maximum absolute atomic E-state index is 12.8. The molecule has 0 rings (SSSR count). The van der Waals surface area contributed by atoms with Crippen LogP contribution < -0.4 is 0 Å². The molecule has 0 heterocycles. The molecule has 0 saturated carbocycles. The van der Waals surface area contributed by atoms with Gasteiger partial charge in [0.2, 0.25) is 0 Å². The lowest BCUT2D eigenvalue weighted by Gasteiger charge is -2.18. The quantitative estimate of drug-likeness (QED) is 0.0345. The lowest BCUT2D eigenvalue weighted by Crippen LogP contribution is -2.30. The first-order valence-corrected chi connectivity index (χ1v) is 26.4. The highest BCUT2D eigenvalue weighted by molar-refractivity contribution is 5.71. The monoisotopic (exact) mass is 835 g/mol. The van der Waals surface area contributed by atoms with Crippen LogP contribution in [0.2, 0.25) is 0 Å². The summed E-state index contributed by atoms with van der Waals surface area (Å²) in [4.78, 5) is 37.9. The van der Waals surface area contributed by atoms with Gasteiger partial charge in [0.1, 0.15) is 13.2 Å². The van der Waals surface area contributed by atoms with Crippen molar-refractivity contribution in [3.63, 3.8) is 0 Å². The third kappa shape index (κ3) is 47.3. The van der Waals surface area contributed by atoms with Gasteiger partial charge in [-0.25, -0.2) is 0 Å². The minimum absolute atomic E-state index is 0.0630. The van der Waals surface area contributed by atoms with Gasteiger partial charge in [0.25, 0.3) is 0 Å². The van der Waals surface area contributed by atoms with Gasteiger partial charge in [0, 0.05) is 19.3 Å². The van der Waals surface area contributed by atoms with E-state index < -0.39 is 6.10 Å². The molecule has 59 heavy (non-hydrogen) atoms. The number of rotatable bonds is 48. The van der Waals surface area contributed by atoms with Crippen LogP contribution in [0.15, 0.2) is 0 Å². The summed E-state index contributed by atoms with van der Waals surface area (Å²) in [5.74, 6) is -0.0492. The first kappa shape index (κ1) is 57.4. The number of carbonyl (C=O) groups is 3. The Labute approximate surface area is 368 Å². The Kier molecular flexibility index (Phi) is 46.2. The molecule has 1 atom stereocenters. The Morgan fingerprint density at radius 3 is 0.831 bits per heavy atom. The number of hydrogen-bond donors (Lipinski definition) is 0. The fraction of sp³-hybridized carbons (Fsp3) is 0.943. The second-order valence-electron chi connectivity index (χ2n) is 18.6. The third-order valence-corrected chi connectivity index (χ3v) is 12.0. The number of esters is 3. The van der Waals surface area contributed by atoms with Crippen LogP contribution in [0.1, 0.15) is 297 Å². The molecule has 0 N–H and O–H groups in total. The van der Waals surface area contributed by atoms with E-state index in [1.165, 1.54) is 193 Å². The van der Waals surface area contributed by atoms with Gasteiger partial charge in [-0.1, -0.05) is 259 Å². The molecule has 6 nitrogen and oxygen atoms in total. The standard InChI is InChI=1S/C53H102O6/c1-5-7-9-11-13-15-17-19-20-21-22-23-24-26-27-32-36-40-44-51(54)57-47-50(48-58-52(55)45-41-37-33-30-29-31-35-39-43-49(3)4)59-53(56)46-42-38-34-28-25-18-16-14-12-10-8-6-2/h49-50H,5-48H2,1-4H3/t50-/m1/s1. The van der Waals surface area contributed by atoms with Crippen molar-refractivity contribution in [3.8, 4) is 0 Å².